The molecule has 0 spiro atoms. The zero-order valence-electron chi connectivity index (χ0n) is 16.3. The summed E-state index contributed by atoms with van der Waals surface area (Å²) in [5, 5.41) is 6.59. The zero-order valence-corrected chi connectivity index (χ0v) is 16.3. The van der Waals surface area contributed by atoms with Crippen molar-refractivity contribution in [1.29, 1.82) is 0 Å². The van der Waals surface area contributed by atoms with Crippen LogP contribution in [-0.2, 0) is 10.2 Å². The number of amides is 1. The highest BCUT2D eigenvalue weighted by atomic mass is 16.2. The number of rotatable bonds is 4. The molecular weight excluding hydrogens is 320 g/mol. The molecule has 0 aromatic heterocycles. The van der Waals surface area contributed by atoms with Gasteiger partial charge < -0.3 is 10.6 Å². The fourth-order valence-corrected chi connectivity index (χ4v) is 3.68. The van der Waals surface area contributed by atoms with Crippen LogP contribution in [0.15, 0.2) is 54.6 Å². The Morgan fingerprint density at radius 3 is 2.31 bits per heavy atom. The molecule has 1 fully saturated rings. The van der Waals surface area contributed by atoms with Gasteiger partial charge in [-0.05, 0) is 29.0 Å². The zero-order chi connectivity index (χ0) is 18.7. The summed E-state index contributed by atoms with van der Waals surface area (Å²) in [5.41, 5.74) is 3.85. The molecular formula is C23H30N2O. The van der Waals surface area contributed by atoms with Crippen LogP contribution in [0.3, 0.4) is 0 Å². The Morgan fingerprint density at radius 2 is 1.69 bits per heavy atom. The first-order chi connectivity index (χ1) is 12.4. The maximum atomic E-state index is 12.9. The maximum Gasteiger partial charge on any atom is 0.225 e. The van der Waals surface area contributed by atoms with E-state index >= 15 is 0 Å². The van der Waals surface area contributed by atoms with Gasteiger partial charge in [-0.3, -0.25) is 4.79 Å². The second-order valence-corrected chi connectivity index (χ2v) is 8.38. The smallest absolute Gasteiger partial charge is 0.225 e. The summed E-state index contributed by atoms with van der Waals surface area (Å²) in [6.07, 6.45) is 0. The van der Waals surface area contributed by atoms with Crippen molar-refractivity contribution in [2.45, 2.75) is 45.1 Å². The first-order valence-electron chi connectivity index (χ1n) is 9.53. The number of carbonyl (C=O) groups is 1. The van der Waals surface area contributed by atoms with Crippen molar-refractivity contribution in [1.82, 2.24) is 10.6 Å². The number of benzene rings is 2. The third-order valence-corrected chi connectivity index (χ3v) is 5.41. The van der Waals surface area contributed by atoms with Gasteiger partial charge in [-0.1, -0.05) is 75.4 Å². The summed E-state index contributed by atoms with van der Waals surface area (Å²) in [4.78, 5) is 12.9. The molecule has 1 heterocycles. The minimum absolute atomic E-state index is 0.0215. The average Bonchev–Trinajstić information content (AvgIpc) is 3.11. The van der Waals surface area contributed by atoms with Gasteiger partial charge in [-0.15, -0.1) is 0 Å². The van der Waals surface area contributed by atoms with E-state index in [1.165, 1.54) is 11.1 Å². The lowest BCUT2D eigenvalue weighted by Crippen LogP contribution is -2.36. The first-order valence-corrected chi connectivity index (χ1v) is 9.53. The van der Waals surface area contributed by atoms with Gasteiger partial charge in [0, 0.05) is 19.0 Å². The Balaban J connectivity index is 1.70. The van der Waals surface area contributed by atoms with Crippen molar-refractivity contribution in [3.05, 3.63) is 71.3 Å². The van der Waals surface area contributed by atoms with Gasteiger partial charge in [0.05, 0.1) is 12.0 Å². The van der Waals surface area contributed by atoms with Crippen LogP contribution in [-0.4, -0.2) is 19.0 Å². The topological polar surface area (TPSA) is 41.1 Å². The van der Waals surface area contributed by atoms with E-state index in [4.69, 9.17) is 0 Å². The van der Waals surface area contributed by atoms with E-state index in [0.29, 0.717) is 0 Å². The molecule has 2 aromatic rings. The quantitative estimate of drug-likeness (QED) is 0.869. The van der Waals surface area contributed by atoms with Gasteiger partial charge in [0.25, 0.3) is 0 Å². The molecule has 1 amide bonds. The van der Waals surface area contributed by atoms with Crippen molar-refractivity contribution < 1.29 is 4.79 Å². The molecule has 3 nitrogen and oxygen atoms in total. The summed E-state index contributed by atoms with van der Waals surface area (Å²) in [5.74, 6) is 0.338. The van der Waals surface area contributed by atoms with Crippen LogP contribution in [0.5, 0.6) is 0 Å². The Hall–Kier alpha value is -2.13. The highest BCUT2D eigenvalue weighted by Gasteiger charge is 2.34. The van der Waals surface area contributed by atoms with Crippen molar-refractivity contribution in [3.63, 3.8) is 0 Å². The van der Waals surface area contributed by atoms with E-state index in [9.17, 15) is 4.79 Å². The van der Waals surface area contributed by atoms with Gasteiger partial charge in [0.1, 0.15) is 0 Å². The van der Waals surface area contributed by atoms with Gasteiger partial charge in [-0.25, -0.2) is 0 Å². The highest BCUT2D eigenvalue weighted by molar-refractivity contribution is 5.81. The number of hydrogen-bond donors (Lipinski definition) is 2. The van der Waals surface area contributed by atoms with E-state index < -0.39 is 0 Å². The van der Waals surface area contributed by atoms with Gasteiger partial charge in [0.15, 0.2) is 0 Å². The molecule has 0 bridgehead atoms. The summed E-state index contributed by atoms with van der Waals surface area (Å²) >= 11 is 0. The number of nitrogens with one attached hydrogen (secondary N) is 2. The van der Waals surface area contributed by atoms with Gasteiger partial charge in [0.2, 0.25) is 5.91 Å². The third-order valence-electron chi connectivity index (χ3n) is 5.41. The molecule has 138 valence electrons. The second-order valence-electron chi connectivity index (χ2n) is 8.38. The summed E-state index contributed by atoms with van der Waals surface area (Å²) in [6.45, 7) is 10.3. The number of hydrogen-bond acceptors (Lipinski definition) is 2. The SMILES string of the molecule is C[C@H](NC(=O)[C@@H]1CNC[C@H]1c1ccc(C(C)(C)C)cc1)c1ccccc1. The van der Waals surface area contributed by atoms with Gasteiger partial charge >= 0.3 is 0 Å². The monoisotopic (exact) mass is 350 g/mol. The molecule has 0 aliphatic carbocycles. The molecule has 3 rings (SSSR count). The molecule has 2 aromatic carbocycles. The van der Waals surface area contributed by atoms with E-state index in [2.05, 4.69) is 67.8 Å². The van der Waals surface area contributed by atoms with Crippen molar-refractivity contribution in [2.75, 3.05) is 13.1 Å². The largest absolute Gasteiger partial charge is 0.349 e. The molecule has 3 heteroatoms. The Morgan fingerprint density at radius 1 is 1.04 bits per heavy atom. The minimum Gasteiger partial charge on any atom is -0.349 e. The summed E-state index contributed by atoms with van der Waals surface area (Å²) < 4.78 is 0. The molecule has 26 heavy (non-hydrogen) atoms. The highest BCUT2D eigenvalue weighted by Crippen LogP contribution is 2.31. The second kappa shape index (κ2) is 7.63. The Labute approximate surface area is 157 Å². The maximum absolute atomic E-state index is 12.9. The van der Waals surface area contributed by atoms with E-state index in [-0.39, 0.29) is 29.2 Å². The van der Waals surface area contributed by atoms with Gasteiger partial charge in [-0.2, -0.15) is 0 Å². The molecule has 1 aliphatic heterocycles. The van der Waals surface area contributed by atoms with Crippen LogP contribution in [0, 0.1) is 5.92 Å². The minimum atomic E-state index is -0.0263. The molecule has 0 saturated carbocycles. The standard InChI is InChI=1S/C23H30N2O/c1-16(17-8-6-5-7-9-17)25-22(26)21-15-24-14-20(21)18-10-12-19(13-11-18)23(2,3)4/h5-13,16,20-21,24H,14-15H2,1-4H3,(H,25,26)/t16-,20-,21+/m0/s1. The molecule has 0 unspecified atom stereocenters. The van der Waals surface area contributed by atoms with Crippen LogP contribution in [0.1, 0.15) is 56.3 Å². The van der Waals surface area contributed by atoms with Crippen LogP contribution in [0.2, 0.25) is 0 Å². The van der Waals surface area contributed by atoms with Crippen molar-refractivity contribution in [2.24, 2.45) is 5.92 Å². The number of carbonyl (C=O) groups excluding carboxylic acids is 1. The van der Waals surface area contributed by atoms with E-state index in [1.54, 1.807) is 0 Å². The van der Waals surface area contributed by atoms with Crippen molar-refractivity contribution >= 4 is 5.91 Å². The first kappa shape index (κ1) is 18.7. The molecule has 1 aliphatic rings. The van der Waals surface area contributed by atoms with Crippen LogP contribution in [0.25, 0.3) is 0 Å². The molecule has 1 saturated heterocycles. The average molecular weight is 351 g/mol. The summed E-state index contributed by atoms with van der Waals surface area (Å²) in [6, 6.07) is 18.9. The lowest BCUT2D eigenvalue weighted by molar-refractivity contribution is -0.125. The Kier molecular flexibility index (Phi) is 5.47. The molecule has 2 N–H and O–H groups in total. The normalized spacial score (nSPS) is 21.4. The van der Waals surface area contributed by atoms with E-state index in [0.717, 1.165) is 18.7 Å². The molecule has 0 radical (unpaired) electrons. The summed E-state index contributed by atoms with van der Waals surface area (Å²) in [7, 11) is 0. The predicted octanol–water partition coefficient (Wildman–Crippen LogP) is 4.16. The van der Waals surface area contributed by atoms with Crippen LogP contribution < -0.4 is 10.6 Å². The van der Waals surface area contributed by atoms with Crippen molar-refractivity contribution in [3.8, 4) is 0 Å². The fraction of sp³-hybridized carbons (Fsp3) is 0.435. The van der Waals surface area contributed by atoms with Crippen LogP contribution in [0.4, 0.5) is 0 Å². The predicted molar refractivity (Wildman–Crippen MR) is 107 cm³/mol. The lowest BCUT2D eigenvalue weighted by Gasteiger charge is -2.23. The fourth-order valence-electron chi connectivity index (χ4n) is 3.68. The Bertz CT molecular complexity index is 731. The van der Waals surface area contributed by atoms with Crippen LogP contribution >= 0.6 is 0 Å². The third kappa shape index (κ3) is 4.16. The van der Waals surface area contributed by atoms with E-state index in [1.807, 2.05) is 25.1 Å². The lowest BCUT2D eigenvalue weighted by atomic mass is 9.83. The molecule has 3 atom stereocenters.